The molecule has 0 heterocycles. The second kappa shape index (κ2) is 8.32. The highest BCUT2D eigenvalue weighted by Gasteiger charge is 2.19. The number of aliphatic hydroxyl groups excluding tert-OH is 1. The summed E-state index contributed by atoms with van der Waals surface area (Å²) in [6.07, 6.45) is 2.32. The molecular weight excluding hydrogens is 270 g/mol. The van der Waals surface area contributed by atoms with Crippen molar-refractivity contribution < 1.29 is 19.4 Å². The standard InChI is InChI=1S/C16H23NO4/c1-5-7-12-10-13(11-14(20-3)15(12)21-4)16(19)17(6-2)8-9-18/h5,10-11,18H,1,6-9H2,2-4H3. The fourth-order valence-electron chi connectivity index (χ4n) is 2.18. The third kappa shape index (κ3) is 3.98. The first-order valence-electron chi connectivity index (χ1n) is 6.88. The summed E-state index contributed by atoms with van der Waals surface area (Å²) in [5.41, 5.74) is 1.36. The van der Waals surface area contributed by atoms with E-state index in [1.165, 1.54) is 7.11 Å². The molecule has 0 saturated carbocycles. The first kappa shape index (κ1) is 17.0. The maximum Gasteiger partial charge on any atom is 0.254 e. The minimum atomic E-state index is -0.141. The highest BCUT2D eigenvalue weighted by atomic mass is 16.5. The molecule has 1 aromatic carbocycles. The Hall–Kier alpha value is -2.01. The number of nitrogens with zero attached hydrogens (tertiary/aromatic N) is 1. The first-order chi connectivity index (χ1) is 10.1. The fraction of sp³-hybridized carbons (Fsp3) is 0.438. The van der Waals surface area contributed by atoms with E-state index in [1.54, 1.807) is 30.2 Å². The first-order valence-corrected chi connectivity index (χ1v) is 6.88. The van der Waals surface area contributed by atoms with Gasteiger partial charge in [-0.1, -0.05) is 6.08 Å². The Morgan fingerprint density at radius 3 is 2.57 bits per heavy atom. The minimum absolute atomic E-state index is 0.0631. The molecule has 0 unspecified atom stereocenters. The van der Waals surface area contributed by atoms with Crippen LogP contribution in [0.5, 0.6) is 11.5 Å². The monoisotopic (exact) mass is 293 g/mol. The van der Waals surface area contributed by atoms with Crippen molar-refractivity contribution in [2.24, 2.45) is 0 Å². The largest absolute Gasteiger partial charge is 0.493 e. The summed E-state index contributed by atoms with van der Waals surface area (Å²) in [4.78, 5) is 14.1. The lowest BCUT2D eigenvalue weighted by atomic mass is 10.0. The van der Waals surface area contributed by atoms with Crippen LogP contribution in [0.15, 0.2) is 24.8 Å². The fourth-order valence-corrected chi connectivity index (χ4v) is 2.18. The summed E-state index contributed by atoms with van der Waals surface area (Å²) in [5.74, 6) is 0.984. The van der Waals surface area contributed by atoms with Gasteiger partial charge in [-0.2, -0.15) is 0 Å². The minimum Gasteiger partial charge on any atom is -0.493 e. The van der Waals surface area contributed by atoms with Gasteiger partial charge in [-0.25, -0.2) is 0 Å². The molecule has 116 valence electrons. The van der Waals surface area contributed by atoms with E-state index in [-0.39, 0.29) is 12.5 Å². The van der Waals surface area contributed by atoms with Crippen LogP contribution in [0.1, 0.15) is 22.8 Å². The van der Waals surface area contributed by atoms with E-state index in [2.05, 4.69) is 6.58 Å². The van der Waals surface area contributed by atoms with Crippen LogP contribution in [0.25, 0.3) is 0 Å². The van der Waals surface area contributed by atoms with E-state index < -0.39 is 0 Å². The van der Waals surface area contributed by atoms with Crippen LogP contribution in [0, 0.1) is 0 Å². The van der Waals surface area contributed by atoms with Crippen molar-refractivity contribution in [2.45, 2.75) is 13.3 Å². The number of benzene rings is 1. The van der Waals surface area contributed by atoms with Gasteiger partial charge in [0.25, 0.3) is 5.91 Å². The van der Waals surface area contributed by atoms with Crippen molar-refractivity contribution in [1.29, 1.82) is 0 Å². The van der Waals surface area contributed by atoms with E-state index in [0.29, 0.717) is 36.6 Å². The number of carbonyl (C=O) groups excluding carboxylic acids is 1. The molecular formula is C16H23NO4. The molecule has 1 aromatic rings. The molecule has 0 radical (unpaired) electrons. The Morgan fingerprint density at radius 2 is 2.10 bits per heavy atom. The molecule has 5 nitrogen and oxygen atoms in total. The summed E-state index contributed by atoms with van der Waals surface area (Å²) in [6, 6.07) is 3.44. The molecule has 0 fully saturated rings. The van der Waals surface area contributed by atoms with Crippen LogP contribution in [0.4, 0.5) is 0 Å². The highest BCUT2D eigenvalue weighted by Crippen LogP contribution is 2.33. The number of ether oxygens (including phenoxy) is 2. The van der Waals surface area contributed by atoms with Gasteiger partial charge in [-0.05, 0) is 25.5 Å². The van der Waals surface area contributed by atoms with Crippen LogP contribution >= 0.6 is 0 Å². The number of rotatable bonds is 8. The number of carbonyl (C=O) groups is 1. The lowest BCUT2D eigenvalue weighted by Gasteiger charge is -2.21. The Morgan fingerprint density at radius 1 is 1.38 bits per heavy atom. The Labute approximate surface area is 125 Å². The third-order valence-corrected chi connectivity index (χ3v) is 3.21. The van der Waals surface area contributed by atoms with Gasteiger partial charge < -0.3 is 19.5 Å². The number of methoxy groups -OCH3 is 2. The molecule has 0 aromatic heterocycles. The molecule has 5 heteroatoms. The predicted octanol–water partition coefficient (Wildman–Crippen LogP) is 1.89. The lowest BCUT2D eigenvalue weighted by molar-refractivity contribution is 0.0731. The van der Waals surface area contributed by atoms with E-state index >= 15 is 0 Å². The Bertz CT molecular complexity index is 499. The highest BCUT2D eigenvalue weighted by molar-refractivity contribution is 5.95. The van der Waals surface area contributed by atoms with Gasteiger partial charge in [-0.15, -0.1) is 6.58 Å². The van der Waals surface area contributed by atoms with E-state index in [9.17, 15) is 4.79 Å². The van der Waals surface area contributed by atoms with Crippen molar-refractivity contribution in [2.75, 3.05) is 33.9 Å². The van der Waals surface area contributed by atoms with Gasteiger partial charge in [0.1, 0.15) is 0 Å². The van der Waals surface area contributed by atoms with Crippen LogP contribution in [-0.4, -0.2) is 49.8 Å². The van der Waals surface area contributed by atoms with Crippen molar-refractivity contribution in [1.82, 2.24) is 4.90 Å². The molecule has 0 bridgehead atoms. The quantitative estimate of drug-likeness (QED) is 0.744. The molecule has 1 N–H and O–H groups in total. The Kier molecular flexibility index (Phi) is 6.75. The van der Waals surface area contributed by atoms with E-state index in [0.717, 1.165) is 5.56 Å². The van der Waals surface area contributed by atoms with Gasteiger partial charge in [0.2, 0.25) is 0 Å². The summed E-state index contributed by atoms with van der Waals surface area (Å²) in [7, 11) is 3.10. The molecule has 0 aliphatic carbocycles. The van der Waals surface area contributed by atoms with Crippen molar-refractivity contribution in [3.63, 3.8) is 0 Å². The normalized spacial score (nSPS) is 10.1. The second-order valence-corrected chi connectivity index (χ2v) is 4.47. The Balaban J connectivity index is 3.26. The average Bonchev–Trinajstić information content (AvgIpc) is 2.51. The smallest absolute Gasteiger partial charge is 0.254 e. The summed E-state index contributed by atoms with van der Waals surface area (Å²) >= 11 is 0. The summed E-state index contributed by atoms with van der Waals surface area (Å²) < 4.78 is 10.7. The molecule has 1 amide bonds. The summed E-state index contributed by atoms with van der Waals surface area (Å²) in [6.45, 7) is 6.37. The summed E-state index contributed by atoms with van der Waals surface area (Å²) in [5, 5.41) is 9.03. The predicted molar refractivity (Wildman–Crippen MR) is 82.1 cm³/mol. The number of hydrogen-bond donors (Lipinski definition) is 1. The topological polar surface area (TPSA) is 59.0 Å². The number of amides is 1. The van der Waals surface area contributed by atoms with Crippen molar-refractivity contribution >= 4 is 5.91 Å². The van der Waals surface area contributed by atoms with Gasteiger partial charge >= 0.3 is 0 Å². The average molecular weight is 293 g/mol. The molecule has 0 aliphatic heterocycles. The van der Waals surface area contributed by atoms with Crippen molar-refractivity contribution in [3.05, 3.63) is 35.9 Å². The van der Waals surface area contributed by atoms with Crippen LogP contribution < -0.4 is 9.47 Å². The van der Waals surface area contributed by atoms with Gasteiger partial charge in [0, 0.05) is 24.2 Å². The third-order valence-electron chi connectivity index (χ3n) is 3.21. The lowest BCUT2D eigenvalue weighted by Crippen LogP contribution is -2.33. The van der Waals surface area contributed by atoms with E-state index in [4.69, 9.17) is 14.6 Å². The van der Waals surface area contributed by atoms with Gasteiger partial charge in [0.15, 0.2) is 11.5 Å². The zero-order valence-corrected chi connectivity index (χ0v) is 12.9. The molecule has 21 heavy (non-hydrogen) atoms. The van der Waals surface area contributed by atoms with Crippen LogP contribution in [0.2, 0.25) is 0 Å². The van der Waals surface area contributed by atoms with Crippen LogP contribution in [-0.2, 0) is 6.42 Å². The molecule has 0 aliphatic rings. The number of likely N-dealkylation sites (N-methyl/N-ethyl adjacent to an activating group) is 1. The second-order valence-electron chi connectivity index (χ2n) is 4.47. The SMILES string of the molecule is C=CCc1cc(C(=O)N(CC)CCO)cc(OC)c1OC. The molecule has 0 saturated heterocycles. The van der Waals surface area contributed by atoms with Crippen molar-refractivity contribution in [3.8, 4) is 11.5 Å². The number of allylic oxidation sites excluding steroid dienone is 1. The van der Waals surface area contributed by atoms with Gasteiger partial charge in [-0.3, -0.25) is 4.79 Å². The van der Waals surface area contributed by atoms with E-state index in [1.807, 2.05) is 6.92 Å². The molecule has 1 rings (SSSR count). The van der Waals surface area contributed by atoms with Crippen LogP contribution in [0.3, 0.4) is 0 Å². The zero-order chi connectivity index (χ0) is 15.8. The molecule has 0 atom stereocenters. The number of aliphatic hydroxyl groups is 1. The zero-order valence-electron chi connectivity index (χ0n) is 12.9. The number of hydrogen-bond acceptors (Lipinski definition) is 4. The van der Waals surface area contributed by atoms with Gasteiger partial charge in [0.05, 0.1) is 20.8 Å². The maximum absolute atomic E-state index is 12.5. The maximum atomic E-state index is 12.5. The molecule has 0 spiro atoms.